The predicted octanol–water partition coefficient (Wildman–Crippen LogP) is 1.40. The van der Waals surface area contributed by atoms with Crippen LogP contribution in [-0.2, 0) is 4.74 Å². The van der Waals surface area contributed by atoms with Gasteiger partial charge in [-0.3, -0.25) is 5.10 Å². The number of hydrogen-bond acceptors (Lipinski definition) is 3. The number of ether oxygens (including phenoxy) is 1. The number of hydrogen-bond donors (Lipinski definition) is 1. The highest BCUT2D eigenvalue weighted by molar-refractivity contribution is 5.18. The van der Waals surface area contributed by atoms with Crippen molar-refractivity contribution in [2.45, 2.75) is 32.1 Å². The van der Waals surface area contributed by atoms with Crippen LogP contribution in [0.5, 0.6) is 0 Å². The van der Waals surface area contributed by atoms with Crippen molar-refractivity contribution in [2.24, 2.45) is 5.41 Å². The zero-order chi connectivity index (χ0) is 9.60. The Morgan fingerprint density at radius 3 is 2.86 bits per heavy atom. The van der Waals surface area contributed by atoms with Gasteiger partial charge in [0.2, 0.25) is 0 Å². The van der Waals surface area contributed by atoms with Crippen LogP contribution in [0.2, 0.25) is 0 Å². The second kappa shape index (κ2) is 2.79. The van der Waals surface area contributed by atoms with E-state index in [4.69, 9.17) is 4.74 Å². The summed E-state index contributed by atoms with van der Waals surface area (Å²) in [6.45, 7) is 3.79. The van der Waals surface area contributed by atoms with E-state index in [2.05, 4.69) is 15.2 Å². The highest BCUT2D eigenvalue weighted by atomic mass is 16.5. The lowest BCUT2D eigenvalue weighted by molar-refractivity contribution is 0.0554. The molecule has 1 aromatic heterocycles. The van der Waals surface area contributed by atoms with Crippen molar-refractivity contribution >= 4 is 0 Å². The zero-order valence-electron chi connectivity index (χ0n) is 8.42. The molecule has 1 saturated heterocycles. The number of nitrogens with one attached hydrogen (secondary N) is 1. The zero-order valence-corrected chi connectivity index (χ0v) is 8.42. The molecule has 76 valence electrons. The summed E-state index contributed by atoms with van der Waals surface area (Å²) in [6, 6.07) is 0. The molecule has 0 radical (unpaired) electrons. The highest BCUT2D eigenvalue weighted by Gasteiger charge is 2.56. The molecule has 1 aromatic rings. The maximum Gasteiger partial charge on any atom is 0.154 e. The van der Waals surface area contributed by atoms with Crippen LogP contribution < -0.4 is 0 Å². The third-order valence-corrected chi connectivity index (χ3v) is 3.60. The molecule has 2 fully saturated rings. The predicted molar refractivity (Wildman–Crippen MR) is 51.0 cm³/mol. The van der Waals surface area contributed by atoms with Crippen molar-refractivity contribution in [3.05, 3.63) is 11.6 Å². The van der Waals surface area contributed by atoms with E-state index in [1.807, 2.05) is 6.92 Å². The summed E-state index contributed by atoms with van der Waals surface area (Å²) in [5.41, 5.74) is 0.493. The van der Waals surface area contributed by atoms with Crippen LogP contribution >= 0.6 is 0 Å². The first kappa shape index (κ1) is 8.41. The minimum atomic E-state index is 0.493. The fourth-order valence-corrected chi connectivity index (χ4v) is 2.56. The first-order chi connectivity index (χ1) is 6.80. The van der Waals surface area contributed by atoms with E-state index in [1.165, 1.54) is 19.3 Å². The van der Waals surface area contributed by atoms with Gasteiger partial charge in [-0.2, -0.15) is 5.10 Å². The molecule has 0 aromatic carbocycles. The van der Waals surface area contributed by atoms with Crippen LogP contribution in [0.1, 0.15) is 36.8 Å². The lowest BCUT2D eigenvalue weighted by atomic mass is 9.94. The topological polar surface area (TPSA) is 50.8 Å². The van der Waals surface area contributed by atoms with Crippen LogP contribution in [0, 0.1) is 12.3 Å². The Morgan fingerprint density at radius 1 is 1.43 bits per heavy atom. The van der Waals surface area contributed by atoms with Crippen LogP contribution in [0.25, 0.3) is 0 Å². The number of rotatable bonds is 1. The van der Waals surface area contributed by atoms with Crippen molar-refractivity contribution in [1.29, 1.82) is 0 Å². The monoisotopic (exact) mass is 193 g/mol. The Labute approximate surface area is 83.1 Å². The van der Waals surface area contributed by atoms with Crippen molar-refractivity contribution in [3.63, 3.8) is 0 Å². The maximum absolute atomic E-state index is 5.39. The van der Waals surface area contributed by atoms with Crippen LogP contribution in [-0.4, -0.2) is 28.4 Å². The minimum absolute atomic E-state index is 0.493. The van der Waals surface area contributed by atoms with Gasteiger partial charge in [-0.1, -0.05) is 0 Å². The van der Waals surface area contributed by atoms with Crippen molar-refractivity contribution in [2.75, 3.05) is 13.2 Å². The fourth-order valence-electron chi connectivity index (χ4n) is 2.56. The van der Waals surface area contributed by atoms with E-state index in [0.29, 0.717) is 11.3 Å². The highest BCUT2D eigenvalue weighted by Crippen LogP contribution is 2.63. The maximum atomic E-state index is 5.39. The Bertz CT molecular complexity index is 341. The van der Waals surface area contributed by atoms with E-state index < -0.39 is 0 Å². The molecule has 1 unspecified atom stereocenters. The lowest BCUT2D eigenvalue weighted by Gasteiger charge is -2.21. The minimum Gasteiger partial charge on any atom is -0.381 e. The molecule has 2 heterocycles. The SMILES string of the molecule is Cc1nc(C2CC23CCOCC3)n[nH]1. The summed E-state index contributed by atoms with van der Waals surface area (Å²) >= 11 is 0. The van der Waals surface area contributed by atoms with E-state index in [0.717, 1.165) is 24.9 Å². The molecule has 4 heteroatoms. The molecule has 1 N–H and O–H groups in total. The van der Waals surface area contributed by atoms with Gasteiger partial charge in [0.15, 0.2) is 5.82 Å². The quantitative estimate of drug-likeness (QED) is 0.733. The Morgan fingerprint density at radius 2 is 2.21 bits per heavy atom. The van der Waals surface area contributed by atoms with E-state index in [9.17, 15) is 0 Å². The molecule has 1 spiro atoms. The Balaban J connectivity index is 1.77. The number of H-pyrrole nitrogens is 1. The largest absolute Gasteiger partial charge is 0.381 e. The smallest absolute Gasteiger partial charge is 0.154 e. The summed E-state index contributed by atoms with van der Waals surface area (Å²) in [5.74, 6) is 2.54. The van der Waals surface area contributed by atoms with Gasteiger partial charge < -0.3 is 4.74 Å². The average Bonchev–Trinajstić information content (AvgIpc) is 2.70. The van der Waals surface area contributed by atoms with Crippen LogP contribution in [0.15, 0.2) is 0 Å². The normalized spacial score (nSPS) is 29.4. The summed E-state index contributed by atoms with van der Waals surface area (Å²) in [5, 5.41) is 7.17. The molecule has 1 aliphatic carbocycles. The lowest BCUT2D eigenvalue weighted by Crippen LogP contribution is -2.18. The number of aryl methyl sites for hydroxylation is 1. The molecular formula is C10H15N3O. The molecule has 3 rings (SSSR count). The van der Waals surface area contributed by atoms with Gasteiger partial charge in [-0.15, -0.1) is 0 Å². The van der Waals surface area contributed by atoms with Gasteiger partial charge in [0, 0.05) is 19.1 Å². The molecular weight excluding hydrogens is 178 g/mol. The summed E-state index contributed by atoms with van der Waals surface area (Å²) in [4.78, 5) is 4.41. The van der Waals surface area contributed by atoms with Gasteiger partial charge in [-0.25, -0.2) is 4.98 Å². The first-order valence-corrected chi connectivity index (χ1v) is 5.27. The fraction of sp³-hybridized carbons (Fsp3) is 0.800. The third-order valence-electron chi connectivity index (χ3n) is 3.60. The molecule has 1 atom stereocenters. The molecule has 0 amide bonds. The number of nitrogens with zero attached hydrogens (tertiary/aromatic N) is 2. The van der Waals surface area contributed by atoms with Crippen molar-refractivity contribution < 1.29 is 4.74 Å². The summed E-state index contributed by atoms with van der Waals surface area (Å²) in [7, 11) is 0. The molecule has 1 aliphatic heterocycles. The standard InChI is InChI=1S/C10H15N3O/c1-7-11-9(13-12-7)8-6-10(8)2-4-14-5-3-10/h8H,2-6H2,1H3,(H,11,12,13). The first-order valence-electron chi connectivity index (χ1n) is 5.27. The van der Waals surface area contributed by atoms with Crippen LogP contribution in [0.4, 0.5) is 0 Å². The molecule has 4 nitrogen and oxygen atoms in total. The van der Waals surface area contributed by atoms with E-state index in [-0.39, 0.29) is 0 Å². The Hall–Kier alpha value is -0.900. The molecule has 0 bridgehead atoms. The van der Waals surface area contributed by atoms with Gasteiger partial charge >= 0.3 is 0 Å². The second-order valence-electron chi connectivity index (χ2n) is 4.51. The number of aromatic amines is 1. The summed E-state index contributed by atoms with van der Waals surface area (Å²) < 4.78 is 5.39. The second-order valence-corrected chi connectivity index (χ2v) is 4.51. The van der Waals surface area contributed by atoms with Crippen molar-refractivity contribution in [1.82, 2.24) is 15.2 Å². The summed E-state index contributed by atoms with van der Waals surface area (Å²) in [6.07, 6.45) is 3.63. The van der Waals surface area contributed by atoms with E-state index in [1.54, 1.807) is 0 Å². The molecule has 1 saturated carbocycles. The van der Waals surface area contributed by atoms with Crippen molar-refractivity contribution in [3.8, 4) is 0 Å². The number of aromatic nitrogens is 3. The van der Waals surface area contributed by atoms with Gasteiger partial charge in [-0.05, 0) is 31.6 Å². The third kappa shape index (κ3) is 1.17. The van der Waals surface area contributed by atoms with Gasteiger partial charge in [0.25, 0.3) is 0 Å². The van der Waals surface area contributed by atoms with Gasteiger partial charge in [0.1, 0.15) is 5.82 Å². The molecule has 2 aliphatic rings. The van der Waals surface area contributed by atoms with Gasteiger partial charge in [0.05, 0.1) is 0 Å². The average molecular weight is 193 g/mol. The van der Waals surface area contributed by atoms with Crippen LogP contribution in [0.3, 0.4) is 0 Å². The van der Waals surface area contributed by atoms with E-state index >= 15 is 0 Å². The molecule has 14 heavy (non-hydrogen) atoms. The Kier molecular flexibility index (Phi) is 1.68.